The summed E-state index contributed by atoms with van der Waals surface area (Å²) < 4.78 is 75.7. The lowest BCUT2D eigenvalue weighted by Gasteiger charge is -2.34. The molecule has 252 valence electrons. The van der Waals surface area contributed by atoms with Gasteiger partial charge < -0.3 is 24.7 Å². The number of amides is 2. The van der Waals surface area contributed by atoms with Crippen LogP contribution in [0.25, 0.3) is 5.52 Å². The van der Waals surface area contributed by atoms with Gasteiger partial charge in [-0.2, -0.15) is 13.2 Å². The van der Waals surface area contributed by atoms with Gasteiger partial charge in [-0.25, -0.2) is 13.1 Å². The van der Waals surface area contributed by atoms with E-state index in [-0.39, 0.29) is 64.7 Å². The van der Waals surface area contributed by atoms with Gasteiger partial charge >= 0.3 is 5.51 Å². The number of rotatable bonds is 2. The van der Waals surface area contributed by atoms with Crippen molar-refractivity contribution < 1.29 is 35.9 Å². The van der Waals surface area contributed by atoms with Crippen molar-refractivity contribution in [2.24, 2.45) is 10.9 Å². The van der Waals surface area contributed by atoms with Gasteiger partial charge in [-0.15, -0.1) is 0 Å². The van der Waals surface area contributed by atoms with Gasteiger partial charge in [-0.05, 0) is 55.7 Å². The zero-order valence-electron chi connectivity index (χ0n) is 25.4. The number of sulfonamides is 1. The van der Waals surface area contributed by atoms with Crippen LogP contribution in [0.2, 0.25) is 0 Å². The van der Waals surface area contributed by atoms with Crippen LogP contribution in [0.5, 0.6) is 5.75 Å². The van der Waals surface area contributed by atoms with E-state index in [1.54, 1.807) is 28.1 Å². The van der Waals surface area contributed by atoms with E-state index in [2.05, 4.69) is 20.3 Å². The van der Waals surface area contributed by atoms with Gasteiger partial charge in [0.1, 0.15) is 18.3 Å². The highest BCUT2D eigenvalue weighted by Crippen LogP contribution is 2.40. The molecule has 0 aliphatic carbocycles. The average molecular weight is 694 g/mol. The minimum absolute atomic E-state index is 0.00952. The van der Waals surface area contributed by atoms with Crippen molar-refractivity contribution in [1.82, 2.24) is 18.9 Å². The van der Waals surface area contributed by atoms with E-state index in [1.165, 1.54) is 35.9 Å². The van der Waals surface area contributed by atoms with Crippen molar-refractivity contribution in [2.45, 2.75) is 35.8 Å². The van der Waals surface area contributed by atoms with E-state index < -0.39 is 27.3 Å². The molecule has 2 saturated heterocycles. The number of anilines is 2. The zero-order valence-corrected chi connectivity index (χ0v) is 27.1. The van der Waals surface area contributed by atoms with Gasteiger partial charge in [0.05, 0.1) is 34.9 Å². The van der Waals surface area contributed by atoms with E-state index in [0.29, 0.717) is 55.8 Å². The fourth-order valence-electron chi connectivity index (χ4n) is 6.23. The minimum atomic E-state index is -4.53. The molecule has 47 heavy (non-hydrogen) atoms. The average Bonchev–Trinajstić information content (AvgIpc) is 3.62. The van der Waals surface area contributed by atoms with Crippen LogP contribution in [0, 0.1) is 5.92 Å². The third-order valence-corrected chi connectivity index (χ3v) is 10.5. The van der Waals surface area contributed by atoms with Crippen LogP contribution in [-0.2, 0) is 14.8 Å². The van der Waals surface area contributed by atoms with Crippen molar-refractivity contribution in [1.29, 1.82) is 0 Å². The van der Waals surface area contributed by atoms with Crippen LogP contribution >= 0.6 is 11.8 Å². The van der Waals surface area contributed by atoms with Gasteiger partial charge in [0, 0.05) is 67.5 Å². The summed E-state index contributed by atoms with van der Waals surface area (Å²) in [5, 5.41) is 6.46. The lowest BCUT2D eigenvalue weighted by atomic mass is 10.0. The summed E-state index contributed by atoms with van der Waals surface area (Å²) in [7, 11) is -2.67. The van der Waals surface area contributed by atoms with Gasteiger partial charge in [-0.1, -0.05) is 0 Å². The number of nitrogens with one attached hydrogen (secondary N) is 3. The Labute approximate surface area is 273 Å². The Balaban J connectivity index is 1.32. The molecule has 2 amide bonds. The number of aliphatic imine (C=N–C) groups is 1. The molecule has 2 atom stereocenters. The molecule has 0 saturated carbocycles. The number of piperidine rings is 1. The number of carbonyl (C=O) groups excluding carboxylic acids is 2. The highest BCUT2D eigenvalue weighted by molar-refractivity contribution is 8.00. The van der Waals surface area contributed by atoms with Gasteiger partial charge in [0.15, 0.2) is 0 Å². The van der Waals surface area contributed by atoms with E-state index in [1.807, 2.05) is 6.07 Å². The number of ether oxygens (including phenoxy) is 1. The van der Waals surface area contributed by atoms with Crippen molar-refractivity contribution in [3.05, 3.63) is 53.7 Å². The molecule has 2 aromatic heterocycles. The fraction of sp³-hybridized carbons (Fsp3) is 0.433. The van der Waals surface area contributed by atoms with Gasteiger partial charge in [0.2, 0.25) is 15.9 Å². The quantitative estimate of drug-likeness (QED) is 0.343. The Morgan fingerprint density at radius 2 is 1.83 bits per heavy atom. The second-order valence-corrected chi connectivity index (χ2v) is 14.4. The van der Waals surface area contributed by atoms with Crippen molar-refractivity contribution in [3.8, 4) is 5.75 Å². The molecular weight excluding hydrogens is 660 g/mol. The number of hydrogen-bond acceptors (Lipinski definition) is 10. The Morgan fingerprint density at radius 3 is 2.57 bits per heavy atom. The second kappa shape index (κ2) is 13.3. The molecule has 8 bridgehead atoms. The first kappa shape index (κ1) is 33.0. The molecule has 6 aliphatic rings. The standard InChI is InChI=1S/C30H34F3N7O5S2/c1-45-26-14-19-4-5-24(26)35-17-34-15-21-13-25-23(3-2-9-40(25)29(21)46-30(31,32)33)36-22-7-11-39(12-8-22)28(42)20-6-10-38(16-20)18-47(43,44)37-27(19)41/h2-5,9,13-15,20,22,35-36H,6-8,10-12,16-18H2,1H3,(H,37,41)/b34-15-/t20-/m1/s1. The Hall–Kier alpha value is -3.96. The van der Waals surface area contributed by atoms with Crippen molar-refractivity contribution in [3.63, 3.8) is 0 Å². The van der Waals surface area contributed by atoms with Crippen LogP contribution in [0.3, 0.4) is 0 Å². The number of aromatic nitrogens is 1. The predicted octanol–water partition coefficient (Wildman–Crippen LogP) is 3.80. The summed E-state index contributed by atoms with van der Waals surface area (Å²) >= 11 is -0.219. The predicted molar refractivity (Wildman–Crippen MR) is 173 cm³/mol. The van der Waals surface area contributed by atoms with Crippen LogP contribution in [-0.4, -0.2) is 98.0 Å². The number of carbonyl (C=O) groups is 2. The molecule has 9 rings (SSSR count). The maximum Gasteiger partial charge on any atom is 0.447 e. The first-order valence-electron chi connectivity index (χ1n) is 15.0. The molecular formula is C30H34F3N7O5S2. The molecule has 0 radical (unpaired) electrons. The lowest BCUT2D eigenvalue weighted by Crippen LogP contribution is -2.45. The number of hydrogen-bond donors (Lipinski definition) is 3. The highest BCUT2D eigenvalue weighted by Gasteiger charge is 2.36. The molecule has 3 aromatic rings. The first-order chi connectivity index (χ1) is 22.4. The largest absolute Gasteiger partial charge is 0.495 e. The molecule has 6 aliphatic heterocycles. The van der Waals surface area contributed by atoms with E-state index in [4.69, 9.17) is 4.74 Å². The summed E-state index contributed by atoms with van der Waals surface area (Å²) in [6.07, 6.45) is 4.73. The summed E-state index contributed by atoms with van der Waals surface area (Å²) in [6, 6.07) is 9.47. The summed E-state index contributed by atoms with van der Waals surface area (Å²) in [5.74, 6) is -1.41. The minimum Gasteiger partial charge on any atom is -0.495 e. The van der Waals surface area contributed by atoms with Gasteiger partial charge in [0.25, 0.3) is 5.91 Å². The Kier molecular flexibility index (Phi) is 9.31. The third kappa shape index (κ3) is 7.62. The van der Waals surface area contributed by atoms with Crippen LogP contribution in [0.1, 0.15) is 35.2 Å². The third-order valence-electron chi connectivity index (χ3n) is 8.45. The molecule has 3 N–H and O–H groups in total. The van der Waals surface area contributed by atoms with Crippen LogP contribution < -0.4 is 20.1 Å². The number of benzene rings is 1. The molecule has 12 nitrogen and oxygen atoms in total. The zero-order chi connectivity index (χ0) is 33.3. The molecule has 17 heteroatoms. The Bertz CT molecular complexity index is 1810. The number of alkyl halides is 3. The molecule has 2 fully saturated rings. The van der Waals surface area contributed by atoms with Crippen molar-refractivity contribution in [2.75, 3.05) is 56.5 Å². The molecule has 8 heterocycles. The molecule has 1 aromatic carbocycles. The summed E-state index contributed by atoms with van der Waals surface area (Å²) in [5.41, 5.74) is -2.54. The van der Waals surface area contributed by atoms with Crippen LogP contribution in [0.15, 0.2) is 52.6 Å². The first-order valence-corrected chi connectivity index (χ1v) is 17.5. The van der Waals surface area contributed by atoms with E-state index >= 15 is 0 Å². The number of halogens is 3. The summed E-state index contributed by atoms with van der Waals surface area (Å²) in [6.45, 7) is 1.62. The number of thioether (sulfide) groups is 1. The van der Waals surface area contributed by atoms with Gasteiger partial charge in [-0.3, -0.25) is 19.5 Å². The lowest BCUT2D eigenvalue weighted by molar-refractivity contribution is -0.136. The maximum absolute atomic E-state index is 13.7. The van der Waals surface area contributed by atoms with E-state index in [0.717, 1.165) is 0 Å². The highest BCUT2D eigenvalue weighted by atomic mass is 32.2. The normalized spacial score (nSPS) is 24.3. The maximum atomic E-state index is 13.7. The number of nitrogens with zero attached hydrogens (tertiary/aromatic N) is 4. The van der Waals surface area contributed by atoms with Crippen molar-refractivity contribution >= 4 is 56.7 Å². The van der Waals surface area contributed by atoms with E-state index in [9.17, 15) is 31.2 Å². The second-order valence-electron chi connectivity index (χ2n) is 11.7. The number of methoxy groups -OCH3 is 1. The smallest absolute Gasteiger partial charge is 0.447 e. The molecule has 1 unspecified atom stereocenters. The van der Waals surface area contributed by atoms with Crippen LogP contribution in [0.4, 0.5) is 24.5 Å². The SMILES string of the molecule is COc1cc2ccc1NC/N=C\c1cc3c(cccn3c1SC(F)(F)F)NC1CCN(CC1)C(=O)[C@@H]1CCN(C1)CS(=O)(=O)NC2=O. The molecule has 0 spiro atoms. The topological polar surface area (TPSA) is 137 Å². The number of pyridine rings is 1. The Morgan fingerprint density at radius 1 is 1.04 bits per heavy atom. The monoisotopic (exact) mass is 693 g/mol. The fourth-order valence-corrected chi connectivity index (χ4v) is 8.11. The summed E-state index contributed by atoms with van der Waals surface area (Å²) in [4.78, 5) is 34.0.